The fourth-order valence-electron chi connectivity index (χ4n) is 1.36. The van der Waals surface area contributed by atoms with Crippen LogP contribution < -0.4 is 5.73 Å². The molecule has 88 valence electrons. The van der Waals surface area contributed by atoms with E-state index in [1.54, 1.807) is 24.3 Å². The van der Waals surface area contributed by atoms with Crippen LogP contribution in [0.4, 0.5) is 0 Å². The number of rotatable bonds is 5. The van der Waals surface area contributed by atoms with Crippen molar-refractivity contribution in [3.05, 3.63) is 35.4 Å². The molecule has 1 rings (SSSR count). The van der Waals surface area contributed by atoms with Gasteiger partial charge in [0.2, 0.25) is 0 Å². The van der Waals surface area contributed by atoms with Crippen molar-refractivity contribution in [1.82, 2.24) is 0 Å². The van der Waals surface area contributed by atoms with Crippen molar-refractivity contribution < 1.29 is 20.1 Å². The minimum absolute atomic E-state index is 0.0297. The second-order valence-corrected chi connectivity index (χ2v) is 3.56. The van der Waals surface area contributed by atoms with Crippen LogP contribution in [0, 0.1) is 0 Å². The smallest absolute Gasteiger partial charge is 0.307 e. The second-order valence-electron chi connectivity index (χ2n) is 3.56. The van der Waals surface area contributed by atoms with Gasteiger partial charge in [-0.05, 0) is 11.1 Å². The van der Waals surface area contributed by atoms with Crippen LogP contribution in [0.5, 0.6) is 0 Å². The molecule has 0 aliphatic carbocycles. The predicted octanol–water partition coefficient (Wildman–Crippen LogP) is -0.333. The second kappa shape index (κ2) is 5.60. The first-order valence-electron chi connectivity index (χ1n) is 4.91. The minimum atomic E-state index is -1.04. The lowest BCUT2D eigenvalue weighted by molar-refractivity contribution is -0.136. The Hall–Kier alpha value is -1.43. The largest absolute Gasteiger partial charge is 0.481 e. The molecule has 0 aromatic heterocycles. The zero-order chi connectivity index (χ0) is 12.1. The third-order valence-corrected chi connectivity index (χ3v) is 2.28. The SMILES string of the molecule is NCC(O)C(O)c1ccc(CC(=O)O)cc1. The molecule has 1 aromatic carbocycles. The average Bonchev–Trinajstić information content (AvgIpc) is 2.27. The number of benzene rings is 1. The summed E-state index contributed by atoms with van der Waals surface area (Å²) in [5.74, 6) is -0.907. The number of carboxylic acids is 1. The summed E-state index contributed by atoms with van der Waals surface area (Å²) < 4.78 is 0. The summed E-state index contributed by atoms with van der Waals surface area (Å²) in [6.07, 6.45) is -2.11. The van der Waals surface area contributed by atoms with E-state index in [2.05, 4.69) is 0 Å². The maximum Gasteiger partial charge on any atom is 0.307 e. The number of nitrogens with two attached hydrogens (primary N) is 1. The van der Waals surface area contributed by atoms with E-state index in [1.165, 1.54) is 0 Å². The van der Waals surface area contributed by atoms with E-state index >= 15 is 0 Å². The van der Waals surface area contributed by atoms with E-state index in [1.807, 2.05) is 0 Å². The molecule has 0 aliphatic heterocycles. The standard InChI is InChI=1S/C11H15NO4/c12-6-9(13)11(16)8-3-1-7(2-4-8)5-10(14)15/h1-4,9,11,13,16H,5-6,12H2,(H,14,15). The van der Waals surface area contributed by atoms with E-state index in [0.29, 0.717) is 11.1 Å². The molecule has 5 nitrogen and oxygen atoms in total. The highest BCUT2D eigenvalue weighted by molar-refractivity contribution is 5.70. The van der Waals surface area contributed by atoms with Crippen molar-refractivity contribution in [2.75, 3.05) is 6.54 Å². The van der Waals surface area contributed by atoms with Crippen molar-refractivity contribution in [3.63, 3.8) is 0 Å². The molecule has 5 N–H and O–H groups in total. The number of carbonyl (C=O) groups is 1. The fraction of sp³-hybridized carbons (Fsp3) is 0.364. The maximum absolute atomic E-state index is 10.4. The Morgan fingerprint density at radius 3 is 2.25 bits per heavy atom. The van der Waals surface area contributed by atoms with Gasteiger partial charge in [0.25, 0.3) is 0 Å². The van der Waals surface area contributed by atoms with Crippen LogP contribution in [-0.2, 0) is 11.2 Å². The van der Waals surface area contributed by atoms with Crippen LogP contribution in [0.15, 0.2) is 24.3 Å². The summed E-state index contributed by atoms with van der Waals surface area (Å²) in [5.41, 5.74) is 6.38. The molecule has 0 saturated heterocycles. The summed E-state index contributed by atoms with van der Waals surface area (Å²) >= 11 is 0. The molecule has 16 heavy (non-hydrogen) atoms. The summed E-state index contributed by atoms with van der Waals surface area (Å²) in [6.45, 7) is -0.0297. The van der Waals surface area contributed by atoms with Crippen molar-refractivity contribution in [3.8, 4) is 0 Å². The van der Waals surface area contributed by atoms with Crippen molar-refractivity contribution >= 4 is 5.97 Å². The molecule has 0 heterocycles. The van der Waals surface area contributed by atoms with Crippen LogP contribution in [0.25, 0.3) is 0 Å². The highest BCUT2D eigenvalue weighted by Gasteiger charge is 2.16. The van der Waals surface area contributed by atoms with E-state index in [9.17, 15) is 15.0 Å². The van der Waals surface area contributed by atoms with Crippen molar-refractivity contribution in [2.24, 2.45) is 5.73 Å². The van der Waals surface area contributed by atoms with Crippen molar-refractivity contribution in [1.29, 1.82) is 0 Å². The van der Waals surface area contributed by atoms with Gasteiger partial charge in [-0.1, -0.05) is 24.3 Å². The first-order valence-corrected chi connectivity index (χ1v) is 4.91. The topological polar surface area (TPSA) is 104 Å². The predicted molar refractivity (Wildman–Crippen MR) is 57.8 cm³/mol. The summed E-state index contributed by atoms with van der Waals surface area (Å²) in [7, 11) is 0. The molecule has 0 bridgehead atoms. The molecule has 0 amide bonds. The molecule has 0 fully saturated rings. The van der Waals surface area contributed by atoms with Crippen LogP contribution in [0.3, 0.4) is 0 Å². The summed E-state index contributed by atoms with van der Waals surface area (Å²) in [6, 6.07) is 6.38. The summed E-state index contributed by atoms with van der Waals surface area (Å²) in [5, 5.41) is 27.5. The van der Waals surface area contributed by atoms with Gasteiger partial charge in [-0.2, -0.15) is 0 Å². The molecule has 2 atom stereocenters. The Bertz CT molecular complexity index is 350. The van der Waals surface area contributed by atoms with E-state index in [0.717, 1.165) is 0 Å². The Morgan fingerprint density at radius 1 is 1.25 bits per heavy atom. The lowest BCUT2D eigenvalue weighted by Gasteiger charge is -2.16. The number of aliphatic carboxylic acids is 1. The van der Waals surface area contributed by atoms with Gasteiger partial charge in [0, 0.05) is 6.54 Å². The average molecular weight is 225 g/mol. The van der Waals surface area contributed by atoms with Gasteiger partial charge in [-0.15, -0.1) is 0 Å². The molecule has 2 unspecified atom stereocenters. The maximum atomic E-state index is 10.4. The highest BCUT2D eigenvalue weighted by Crippen LogP contribution is 2.17. The monoisotopic (exact) mass is 225 g/mol. The van der Waals surface area contributed by atoms with Gasteiger partial charge >= 0.3 is 5.97 Å². The Morgan fingerprint density at radius 2 is 1.81 bits per heavy atom. The zero-order valence-electron chi connectivity index (χ0n) is 8.71. The molecular formula is C11H15NO4. The first-order chi connectivity index (χ1) is 7.54. The molecule has 0 spiro atoms. The van der Waals surface area contributed by atoms with Gasteiger partial charge in [0.05, 0.1) is 12.5 Å². The van der Waals surface area contributed by atoms with E-state index in [4.69, 9.17) is 10.8 Å². The third-order valence-electron chi connectivity index (χ3n) is 2.28. The van der Waals surface area contributed by atoms with Gasteiger partial charge in [-0.25, -0.2) is 0 Å². The third kappa shape index (κ3) is 3.30. The van der Waals surface area contributed by atoms with Crippen LogP contribution in [0.1, 0.15) is 17.2 Å². The lowest BCUT2D eigenvalue weighted by Crippen LogP contribution is -2.27. The molecule has 0 saturated carbocycles. The Labute approximate surface area is 93.1 Å². The number of aliphatic hydroxyl groups excluding tert-OH is 2. The van der Waals surface area contributed by atoms with Crippen LogP contribution in [-0.4, -0.2) is 33.9 Å². The normalized spacial score (nSPS) is 14.4. The highest BCUT2D eigenvalue weighted by atomic mass is 16.4. The van der Waals surface area contributed by atoms with Gasteiger partial charge in [-0.3, -0.25) is 4.79 Å². The summed E-state index contributed by atoms with van der Waals surface area (Å²) in [4.78, 5) is 10.4. The molecular weight excluding hydrogens is 210 g/mol. The van der Waals surface area contributed by atoms with Gasteiger partial charge < -0.3 is 21.1 Å². The first kappa shape index (κ1) is 12.6. The number of aliphatic hydroxyl groups is 2. The quantitative estimate of drug-likeness (QED) is 0.549. The minimum Gasteiger partial charge on any atom is -0.481 e. The number of carboxylic acid groups (broad SMARTS) is 1. The Balaban J connectivity index is 2.74. The van der Waals surface area contributed by atoms with Gasteiger partial charge in [0.1, 0.15) is 6.10 Å². The molecule has 0 aliphatic rings. The molecule has 5 heteroatoms. The molecule has 1 aromatic rings. The van der Waals surface area contributed by atoms with Gasteiger partial charge in [0.15, 0.2) is 0 Å². The van der Waals surface area contributed by atoms with Crippen LogP contribution >= 0.6 is 0 Å². The zero-order valence-corrected chi connectivity index (χ0v) is 8.71. The van der Waals surface area contributed by atoms with Crippen molar-refractivity contribution in [2.45, 2.75) is 18.6 Å². The van der Waals surface area contributed by atoms with Crippen LogP contribution in [0.2, 0.25) is 0 Å². The van der Waals surface area contributed by atoms with E-state index < -0.39 is 18.2 Å². The number of hydrogen-bond acceptors (Lipinski definition) is 4. The fourth-order valence-corrected chi connectivity index (χ4v) is 1.36. The number of hydrogen-bond donors (Lipinski definition) is 4. The molecule has 0 radical (unpaired) electrons. The van der Waals surface area contributed by atoms with E-state index in [-0.39, 0.29) is 13.0 Å². The Kier molecular flexibility index (Phi) is 4.42. The lowest BCUT2D eigenvalue weighted by atomic mass is 10.0.